The first-order chi connectivity index (χ1) is 12.3. The summed E-state index contributed by atoms with van der Waals surface area (Å²) in [6, 6.07) is 22.1. The fraction of sp³-hybridized carbons (Fsp3) is 0.0476. The minimum absolute atomic E-state index is 0.0931. The first-order valence-corrected chi connectivity index (χ1v) is 8.88. The zero-order chi connectivity index (χ0) is 17.5. The van der Waals surface area contributed by atoms with E-state index in [0.717, 1.165) is 27.7 Å². The van der Waals surface area contributed by atoms with Gasteiger partial charge in [-0.15, -0.1) is 0 Å². The molecule has 3 nitrogen and oxygen atoms in total. The minimum Gasteiger partial charge on any atom is -0.324 e. The topological polar surface area (TPSA) is 42.0 Å². The third-order valence-electron chi connectivity index (χ3n) is 3.59. The smallest absolute Gasteiger partial charge is 0.221 e. The molecule has 0 aliphatic heterocycles. The van der Waals surface area contributed by atoms with Crippen LogP contribution in [0.5, 0.6) is 0 Å². The minimum atomic E-state index is -0.0931. The van der Waals surface area contributed by atoms with Crippen LogP contribution in [0.25, 0.3) is 22.0 Å². The molecule has 0 bridgehead atoms. The number of rotatable bonds is 2. The molecule has 0 aliphatic rings. The van der Waals surface area contributed by atoms with Crippen molar-refractivity contribution in [1.82, 2.24) is 4.98 Å². The van der Waals surface area contributed by atoms with Gasteiger partial charge in [0.25, 0.3) is 0 Å². The molecular formula is C21H18N2OS. The van der Waals surface area contributed by atoms with Crippen molar-refractivity contribution in [3.05, 3.63) is 83.7 Å². The highest BCUT2D eigenvalue weighted by atomic mass is 32.1. The number of amides is 1. The normalized spacial score (nSPS) is 9.96. The van der Waals surface area contributed by atoms with E-state index in [9.17, 15) is 4.79 Å². The summed E-state index contributed by atoms with van der Waals surface area (Å²) >= 11 is 1.71. The molecular weight excluding hydrogens is 328 g/mol. The van der Waals surface area contributed by atoms with Crippen molar-refractivity contribution < 1.29 is 4.79 Å². The average molecular weight is 346 g/mol. The predicted molar refractivity (Wildman–Crippen MR) is 106 cm³/mol. The second-order valence-corrected chi connectivity index (χ2v) is 6.22. The van der Waals surface area contributed by atoms with Gasteiger partial charge in [-0.3, -0.25) is 9.78 Å². The molecule has 0 saturated carbocycles. The molecule has 124 valence electrons. The lowest BCUT2D eigenvalue weighted by atomic mass is 10.00. The maximum Gasteiger partial charge on any atom is 0.221 e. The van der Waals surface area contributed by atoms with Crippen LogP contribution in [0.4, 0.5) is 5.69 Å². The number of nitrogens with zero attached hydrogens (tertiary/aromatic N) is 1. The van der Waals surface area contributed by atoms with E-state index >= 15 is 0 Å². The lowest BCUT2D eigenvalue weighted by Gasteiger charge is -2.10. The van der Waals surface area contributed by atoms with Crippen LogP contribution >= 0.6 is 11.3 Å². The number of thiophene rings is 1. The van der Waals surface area contributed by atoms with Crippen LogP contribution in [-0.2, 0) is 4.79 Å². The summed E-state index contributed by atoms with van der Waals surface area (Å²) < 4.78 is 0. The largest absolute Gasteiger partial charge is 0.324 e. The molecule has 0 saturated heterocycles. The molecule has 0 fully saturated rings. The lowest BCUT2D eigenvalue weighted by Crippen LogP contribution is -2.06. The number of anilines is 1. The van der Waals surface area contributed by atoms with Gasteiger partial charge >= 0.3 is 0 Å². The van der Waals surface area contributed by atoms with Crippen molar-refractivity contribution in [3.8, 4) is 11.1 Å². The van der Waals surface area contributed by atoms with Crippen LogP contribution < -0.4 is 5.32 Å². The van der Waals surface area contributed by atoms with Crippen LogP contribution in [0.2, 0.25) is 0 Å². The number of hydrogen-bond donors (Lipinski definition) is 1. The third-order valence-corrected chi connectivity index (χ3v) is 4.22. The van der Waals surface area contributed by atoms with Gasteiger partial charge in [0, 0.05) is 18.5 Å². The maximum absolute atomic E-state index is 11.3. The maximum atomic E-state index is 11.3. The SMILES string of the molecule is CC(=O)Nc1ccc(-c2ccccc2)c2cccnc12.c1ccsc1. The molecule has 4 heteroatoms. The standard InChI is InChI=1S/C17H14N2O.C4H4S/c1-12(20)19-16-10-9-14(13-6-3-2-4-7-13)15-8-5-11-18-17(15)16;1-2-4-5-3-1/h2-11H,1H3,(H,19,20);1-4H. The Morgan fingerprint density at radius 2 is 1.68 bits per heavy atom. The lowest BCUT2D eigenvalue weighted by molar-refractivity contribution is -0.114. The Bertz CT molecular complexity index is 933. The Hall–Kier alpha value is -2.98. The average Bonchev–Trinajstić information content (AvgIpc) is 3.22. The van der Waals surface area contributed by atoms with Crippen LogP contribution in [0.15, 0.2) is 83.7 Å². The summed E-state index contributed by atoms with van der Waals surface area (Å²) in [4.78, 5) is 15.7. The van der Waals surface area contributed by atoms with Crippen molar-refractivity contribution >= 4 is 33.8 Å². The Morgan fingerprint density at radius 1 is 0.920 bits per heavy atom. The molecule has 0 unspecified atom stereocenters. The van der Waals surface area contributed by atoms with E-state index in [1.165, 1.54) is 6.92 Å². The second kappa shape index (κ2) is 8.22. The van der Waals surface area contributed by atoms with Gasteiger partial charge in [0.2, 0.25) is 5.91 Å². The zero-order valence-corrected chi connectivity index (χ0v) is 14.7. The number of fused-ring (bicyclic) bond motifs is 1. The zero-order valence-electron chi connectivity index (χ0n) is 13.8. The summed E-state index contributed by atoms with van der Waals surface area (Å²) in [6.45, 7) is 1.50. The van der Waals surface area contributed by atoms with Crippen molar-refractivity contribution in [1.29, 1.82) is 0 Å². The number of hydrogen-bond acceptors (Lipinski definition) is 3. The van der Waals surface area contributed by atoms with Gasteiger partial charge < -0.3 is 5.32 Å². The quantitative estimate of drug-likeness (QED) is 0.513. The highest BCUT2D eigenvalue weighted by Gasteiger charge is 2.09. The van der Waals surface area contributed by atoms with Crippen LogP contribution in [0, 0.1) is 0 Å². The molecule has 0 aliphatic carbocycles. The molecule has 2 aromatic heterocycles. The molecule has 4 aromatic rings. The van der Waals surface area contributed by atoms with Gasteiger partial charge in [-0.2, -0.15) is 11.3 Å². The number of nitrogens with one attached hydrogen (secondary N) is 1. The number of carbonyl (C=O) groups excluding carboxylic acids is 1. The summed E-state index contributed by atoms with van der Waals surface area (Å²) in [5.41, 5.74) is 3.81. The summed E-state index contributed by atoms with van der Waals surface area (Å²) in [7, 11) is 0. The monoisotopic (exact) mass is 346 g/mol. The Morgan fingerprint density at radius 3 is 2.32 bits per heavy atom. The molecule has 0 spiro atoms. The first-order valence-electron chi connectivity index (χ1n) is 7.93. The van der Waals surface area contributed by atoms with Gasteiger partial charge in [-0.1, -0.05) is 54.6 Å². The van der Waals surface area contributed by atoms with Gasteiger partial charge in [0.15, 0.2) is 0 Å². The van der Waals surface area contributed by atoms with E-state index in [0.29, 0.717) is 0 Å². The number of carbonyl (C=O) groups is 1. The second-order valence-electron chi connectivity index (χ2n) is 5.40. The molecule has 1 N–H and O–H groups in total. The summed E-state index contributed by atoms with van der Waals surface area (Å²) in [6.07, 6.45) is 1.74. The molecule has 1 amide bonds. The van der Waals surface area contributed by atoms with Gasteiger partial charge in [-0.25, -0.2) is 0 Å². The van der Waals surface area contributed by atoms with E-state index < -0.39 is 0 Å². The van der Waals surface area contributed by atoms with E-state index in [4.69, 9.17) is 0 Å². The van der Waals surface area contributed by atoms with Gasteiger partial charge in [0.05, 0.1) is 11.2 Å². The Labute approximate surface area is 151 Å². The highest BCUT2D eigenvalue weighted by molar-refractivity contribution is 7.07. The fourth-order valence-electron chi connectivity index (χ4n) is 2.56. The van der Waals surface area contributed by atoms with E-state index in [2.05, 4.69) is 22.4 Å². The van der Waals surface area contributed by atoms with E-state index in [-0.39, 0.29) is 5.91 Å². The van der Waals surface area contributed by atoms with Crippen LogP contribution in [0.1, 0.15) is 6.92 Å². The Balaban J connectivity index is 0.000000314. The third kappa shape index (κ3) is 4.31. The van der Waals surface area contributed by atoms with Gasteiger partial charge in [0.1, 0.15) is 0 Å². The van der Waals surface area contributed by atoms with Crippen LogP contribution in [0.3, 0.4) is 0 Å². The molecule has 4 rings (SSSR count). The molecule has 2 heterocycles. The van der Waals surface area contributed by atoms with Crippen molar-refractivity contribution in [3.63, 3.8) is 0 Å². The molecule has 0 radical (unpaired) electrons. The predicted octanol–water partition coefficient (Wildman–Crippen LogP) is 5.61. The van der Waals surface area contributed by atoms with E-state index in [1.807, 2.05) is 65.4 Å². The van der Waals surface area contributed by atoms with Gasteiger partial charge in [-0.05, 0) is 34.0 Å². The number of aromatic nitrogens is 1. The van der Waals surface area contributed by atoms with Crippen molar-refractivity contribution in [2.75, 3.05) is 5.32 Å². The highest BCUT2D eigenvalue weighted by Crippen LogP contribution is 2.31. The fourth-order valence-corrected chi connectivity index (χ4v) is 3.01. The van der Waals surface area contributed by atoms with Crippen molar-refractivity contribution in [2.45, 2.75) is 6.92 Å². The summed E-state index contributed by atoms with van der Waals surface area (Å²) in [5.74, 6) is -0.0931. The molecule has 25 heavy (non-hydrogen) atoms. The first kappa shape index (κ1) is 16.9. The Kier molecular flexibility index (Phi) is 5.54. The number of benzene rings is 2. The molecule has 0 atom stereocenters. The van der Waals surface area contributed by atoms with Crippen molar-refractivity contribution in [2.24, 2.45) is 0 Å². The van der Waals surface area contributed by atoms with E-state index in [1.54, 1.807) is 17.5 Å². The molecule has 2 aromatic carbocycles. The number of pyridine rings is 1. The van der Waals surface area contributed by atoms with Crippen LogP contribution in [-0.4, -0.2) is 10.9 Å². The summed E-state index contributed by atoms with van der Waals surface area (Å²) in [5, 5.41) is 7.94.